The van der Waals surface area contributed by atoms with Crippen molar-refractivity contribution in [2.24, 2.45) is 0 Å². The van der Waals surface area contributed by atoms with Gasteiger partial charge in [-0.25, -0.2) is 4.79 Å². The average molecular weight is 324 g/mol. The molecule has 0 unspecified atom stereocenters. The predicted octanol–water partition coefficient (Wildman–Crippen LogP) is 5.15. The van der Waals surface area contributed by atoms with Gasteiger partial charge >= 0.3 is 0 Å². The third kappa shape index (κ3) is 5.79. The van der Waals surface area contributed by atoms with Gasteiger partial charge in [0.15, 0.2) is 5.94 Å². The summed E-state index contributed by atoms with van der Waals surface area (Å²) in [5, 5.41) is 9.24. The van der Waals surface area contributed by atoms with Crippen LogP contribution in [0.3, 0.4) is 0 Å². The summed E-state index contributed by atoms with van der Waals surface area (Å²) >= 11 is 0. The molecule has 3 heteroatoms. The summed E-state index contributed by atoms with van der Waals surface area (Å²) < 4.78 is 5.04. The van der Waals surface area contributed by atoms with Crippen molar-refractivity contribution in [2.75, 3.05) is 7.11 Å². The Labute approximate surface area is 143 Å². The number of hydrogen-bond donors (Lipinski definition) is 1. The Bertz CT molecular complexity index is 738. The maximum atomic E-state index is 10.3. The van der Waals surface area contributed by atoms with Crippen LogP contribution in [0, 0.1) is 13.8 Å². The highest BCUT2D eigenvalue weighted by molar-refractivity contribution is 5.83. The van der Waals surface area contributed by atoms with Gasteiger partial charge in [0, 0.05) is 5.56 Å². The number of aliphatic hydroxyl groups excluding tert-OH is 1. The summed E-state index contributed by atoms with van der Waals surface area (Å²) in [6.07, 6.45) is 4.98. The highest BCUT2D eigenvalue weighted by atomic mass is 16.5. The molecule has 0 saturated carbocycles. The van der Waals surface area contributed by atoms with Gasteiger partial charge < -0.3 is 9.84 Å². The fourth-order valence-corrected chi connectivity index (χ4v) is 2.06. The molecule has 2 aromatic carbocycles. The topological polar surface area (TPSA) is 46.5 Å². The predicted molar refractivity (Wildman–Crippen MR) is 100.0 cm³/mol. The number of hydrogen-bond acceptors (Lipinski definition) is 3. The Kier molecular flexibility index (Phi) is 8.10. The van der Waals surface area contributed by atoms with Crippen molar-refractivity contribution in [1.29, 1.82) is 0 Å². The van der Waals surface area contributed by atoms with Crippen molar-refractivity contribution in [3.05, 3.63) is 70.8 Å². The number of aryl methyl sites for hydroxylation is 2. The van der Waals surface area contributed by atoms with Crippen LogP contribution in [-0.2, 0) is 4.79 Å². The normalized spacial score (nSPS) is 9.83. The third-order valence-electron chi connectivity index (χ3n) is 3.50. The molecule has 0 heterocycles. The van der Waals surface area contributed by atoms with Crippen molar-refractivity contribution < 1.29 is 14.6 Å². The zero-order valence-corrected chi connectivity index (χ0v) is 14.7. The summed E-state index contributed by atoms with van der Waals surface area (Å²) in [4.78, 5) is 10.3. The minimum atomic E-state index is -0.346. The SMILES string of the molecule is CC/C=C\c1cc(C(O)=C=O)ccc1C.COc1ccccc1C. The van der Waals surface area contributed by atoms with E-state index < -0.39 is 0 Å². The van der Waals surface area contributed by atoms with Gasteiger partial charge in [0.1, 0.15) is 5.75 Å². The van der Waals surface area contributed by atoms with Gasteiger partial charge in [-0.3, -0.25) is 0 Å². The van der Waals surface area contributed by atoms with E-state index in [-0.39, 0.29) is 5.76 Å². The number of aliphatic hydroxyl groups is 1. The highest BCUT2D eigenvalue weighted by Gasteiger charge is 2.02. The first kappa shape index (κ1) is 19.3. The Hall–Kier alpha value is -2.77. The number of allylic oxidation sites excluding steroid dienone is 1. The quantitative estimate of drug-likeness (QED) is 0.625. The summed E-state index contributed by atoms with van der Waals surface area (Å²) in [7, 11) is 1.68. The second-order valence-corrected chi connectivity index (χ2v) is 5.30. The van der Waals surface area contributed by atoms with Crippen LogP contribution in [0.25, 0.3) is 11.8 Å². The zero-order chi connectivity index (χ0) is 17.9. The first-order chi connectivity index (χ1) is 11.5. The van der Waals surface area contributed by atoms with Gasteiger partial charge in [-0.15, -0.1) is 0 Å². The molecule has 0 amide bonds. The maximum Gasteiger partial charge on any atom is 0.208 e. The van der Waals surface area contributed by atoms with Crippen LogP contribution in [0.4, 0.5) is 0 Å². The molecular weight excluding hydrogens is 300 g/mol. The van der Waals surface area contributed by atoms with E-state index in [2.05, 4.69) is 6.92 Å². The van der Waals surface area contributed by atoms with Crippen LogP contribution in [0.15, 0.2) is 48.5 Å². The van der Waals surface area contributed by atoms with Crippen LogP contribution in [0.1, 0.15) is 35.6 Å². The van der Waals surface area contributed by atoms with E-state index in [9.17, 15) is 9.90 Å². The maximum absolute atomic E-state index is 10.3. The smallest absolute Gasteiger partial charge is 0.208 e. The van der Waals surface area contributed by atoms with Crippen molar-refractivity contribution in [1.82, 2.24) is 0 Å². The first-order valence-electron chi connectivity index (χ1n) is 7.84. The molecule has 0 spiro atoms. The standard InChI is InChI=1S/C13H14O2.C8H10O/c1-3-4-5-11-8-12(13(15)9-14)7-6-10(11)2;1-7-5-3-4-6-8(7)9-2/h4-8,15H,3H2,1-2H3;3-6H,1-2H3/b5-4-;. The average Bonchev–Trinajstić information content (AvgIpc) is 2.61. The summed E-state index contributed by atoms with van der Waals surface area (Å²) in [6, 6.07) is 13.3. The van der Waals surface area contributed by atoms with Gasteiger partial charge in [-0.2, -0.15) is 0 Å². The number of rotatable bonds is 4. The summed E-state index contributed by atoms with van der Waals surface area (Å²) in [5.74, 6) is 2.09. The summed E-state index contributed by atoms with van der Waals surface area (Å²) in [5.41, 5.74) is 3.81. The molecule has 0 bridgehead atoms. The lowest BCUT2D eigenvalue weighted by Gasteiger charge is -2.03. The molecule has 0 fully saturated rings. The third-order valence-corrected chi connectivity index (χ3v) is 3.50. The van der Waals surface area contributed by atoms with E-state index in [0.717, 1.165) is 23.3 Å². The van der Waals surface area contributed by atoms with E-state index in [1.807, 2.05) is 56.3 Å². The van der Waals surface area contributed by atoms with Gasteiger partial charge in [-0.1, -0.05) is 49.4 Å². The molecule has 2 rings (SSSR count). The van der Waals surface area contributed by atoms with E-state index >= 15 is 0 Å². The largest absolute Gasteiger partial charge is 0.499 e. The first-order valence-corrected chi connectivity index (χ1v) is 7.84. The Morgan fingerprint density at radius 1 is 1.17 bits per heavy atom. The minimum Gasteiger partial charge on any atom is -0.499 e. The minimum absolute atomic E-state index is 0.346. The van der Waals surface area contributed by atoms with Crippen molar-refractivity contribution in [2.45, 2.75) is 27.2 Å². The fraction of sp³-hybridized carbons (Fsp3) is 0.238. The lowest BCUT2D eigenvalue weighted by molar-refractivity contribution is 0.411. The Balaban J connectivity index is 0.000000272. The van der Waals surface area contributed by atoms with Crippen LogP contribution in [-0.4, -0.2) is 18.2 Å². The van der Waals surface area contributed by atoms with Gasteiger partial charge in [-0.05, 0) is 49.1 Å². The van der Waals surface area contributed by atoms with Crippen LogP contribution in [0.2, 0.25) is 0 Å². The van der Waals surface area contributed by atoms with Crippen molar-refractivity contribution in [3.63, 3.8) is 0 Å². The summed E-state index contributed by atoms with van der Waals surface area (Å²) in [6.45, 7) is 6.07. The fourth-order valence-electron chi connectivity index (χ4n) is 2.06. The molecule has 0 aliphatic carbocycles. The number of ether oxygens (including phenoxy) is 1. The second kappa shape index (κ2) is 10.1. The van der Waals surface area contributed by atoms with Crippen LogP contribution in [0.5, 0.6) is 5.75 Å². The van der Waals surface area contributed by atoms with E-state index in [0.29, 0.717) is 5.56 Å². The van der Waals surface area contributed by atoms with Crippen LogP contribution >= 0.6 is 0 Å². The van der Waals surface area contributed by atoms with Gasteiger partial charge in [0.25, 0.3) is 0 Å². The Morgan fingerprint density at radius 2 is 1.88 bits per heavy atom. The Morgan fingerprint density at radius 3 is 2.42 bits per heavy atom. The molecule has 0 aromatic heterocycles. The molecule has 24 heavy (non-hydrogen) atoms. The lowest BCUT2D eigenvalue weighted by Crippen LogP contribution is -1.87. The number of benzene rings is 2. The number of methoxy groups -OCH3 is 1. The van der Waals surface area contributed by atoms with E-state index in [1.54, 1.807) is 19.2 Å². The van der Waals surface area contributed by atoms with E-state index in [1.165, 1.54) is 11.5 Å². The van der Waals surface area contributed by atoms with Crippen molar-refractivity contribution >= 4 is 17.8 Å². The van der Waals surface area contributed by atoms with Crippen LogP contribution < -0.4 is 4.74 Å². The van der Waals surface area contributed by atoms with E-state index in [4.69, 9.17) is 4.74 Å². The molecule has 0 aliphatic rings. The molecule has 3 nitrogen and oxygen atoms in total. The van der Waals surface area contributed by atoms with Crippen molar-refractivity contribution in [3.8, 4) is 5.75 Å². The highest BCUT2D eigenvalue weighted by Crippen LogP contribution is 2.17. The molecule has 1 N–H and O–H groups in total. The molecular formula is C21H24O3. The second-order valence-electron chi connectivity index (χ2n) is 5.30. The molecule has 0 aliphatic heterocycles. The number of carbonyl (C=O) groups excluding carboxylic acids is 1. The molecule has 2 aromatic rings. The molecule has 0 atom stereocenters. The molecule has 126 valence electrons. The zero-order valence-electron chi connectivity index (χ0n) is 14.7. The van der Waals surface area contributed by atoms with Gasteiger partial charge in [0.05, 0.1) is 7.11 Å². The monoisotopic (exact) mass is 324 g/mol. The van der Waals surface area contributed by atoms with Gasteiger partial charge in [0.2, 0.25) is 5.76 Å². The molecule has 0 saturated heterocycles. The lowest BCUT2D eigenvalue weighted by atomic mass is 10.0. The number of para-hydroxylation sites is 1. The molecule has 0 radical (unpaired) electrons.